The molecule has 0 atom stereocenters. The predicted molar refractivity (Wildman–Crippen MR) is 109 cm³/mol. The van der Waals surface area contributed by atoms with Gasteiger partial charge in [-0.2, -0.15) is 0 Å². The highest BCUT2D eigenvalue weighted by Crippen LogP contribution is 2.31. The average molecular weight is 373 g/mol. The van der Waals surface area contributed by atoms with E-state index < -0.39 is 8.07 Å². The second-order valence-corrected chi connectivity index (χ2v) is 13.7. The lowest BCUT2D eigenvalue weighted by molar-refractivity contribution is 0.0912. The lowest BCUT2D eigenvalue weighted by Gasteiger charge is -2.17. The Morgan fingerprint density at radius 1 is 1.16 bits per heavy atom. The highest BCUT2D eigenvalue weighted by Gasteiger charge is 2.15. The molecule has 1 aromatic carbocycles. The van der Waals surface area contributed by atoms with E-state index in [9.17, 15) is 0 Å². The van der Waals surface area contributed by atoms with E-state index in [0.717, 1.165) is 29.2 Å². The molecule has 0 aliphatic rings. The van der Waals surface area contributed by atoms with E-state index in [4.69, 9.17) is 16.3 Å². The number of hydrogen-bond acceptors (Lipinski definition) is 2. The molecule has 2 aromatic heterocycles. The van der Waals surface area contributed by atoms with Crippen molar-refractivity contribution < 1.29 is 4.74 Å². The minimum absolute atomic E-state index is 0.505. The Kier molecular flexibility index (Phi) is 5.32. The van der Waals surface area contributed by atoms with Crippen molar-refractivity contribution >= 4 is 30.6 Å². The lowest BCUT2D eigenvalue weighted by atomic mass is 10.1. The van der Waals surface area contributed by atoms with Crippen LogP contribution in [0.1, 0.15) is 5.56 Å². The Bertz CT molecular complexity index is 883. The van der Waals surface area contributed by atoms with Crippen LogP contribution in [0.5, 0.6) is 0 Å². The van der Waals surface area contributed by atoms with Gasteiger partial charge in [-0.3, -0.25) is 0 Å². The van der Waals surface area contributed by atoms with Crippen molar-refractivity contribution in [3.05, 3.63) is 53.3 Å². The van der Waals surface area contributed by atoms with Crippen LogP contribution in [0.15, 0.2) is 42.6 Å². The topological polar surface area (TPSA) is 27.1 Å². The van der Waals surface area contributed by atoms with E-state index in [1.807, 2.05) is 12.3 Å². The van der Waals surface area contributed by atoms with Crippen LogP contribution in [-0.4, -0.2) is 24.2 Å². The van der Waals surface area contributed by atoms with Gasteiger partial charge in [0.15, 0.2) is 0 Å². The third-order valence-electron chi connectivity index (χ3n) is 4.39. The van der Waals surface area contributed by atoms with Crippen molar-refractivity contribution in [2.75, 3.05) is 6.61 Å². The Morgan fingerprint density at radius 2 is 1.92 bits per heavy atom. The molecule has 0 fully saturated rings. The smallest absolute Gasteiger partial charge is 0.131 e. The van der Waals surface area contributed by atoms with Crippen LogP contribution in [-0.2, 0) is 11.5 Å². The molecule has 0 saturated carbocycles. The summed E-state index contributed by atoms with van der Waals surface area (Å²) in [5.74, 6) is 0. The fraction of sp³-hybridized carbons (Fsp3) is 0.350. The van der Waals surface area contributed by atoms with Crippen molar-refractivity contribution in [2.45, 2.75) is 39.3 Å². The van der Waals surface area contributed by atoms with E-state index in [0.29, 0.717) is 11.9 Å². The third kappa shape index (κ3) is 4.32. The number of hydrogen-bond donors (Lipinski definition) is 0. The van der Waals surface area contributed by atoms with Gasteiger partial charge in [-0.25, -0.2) is 4.98 Å². The Morgan fingerprint density at radius 3 is 2.64 bits per heavy atom. The lowest BCUT2D eigenvalue weighted by Crippen LogP contribution is -2.22. The van der Waals surface area contributed by atoms with Crippen LogP contribution in [0.4, 0.5) is 0 Å². The first-order valence-corrected chi connectivity index (χ1v) is 12.7. The number of benzene rings is 1. The molecule has 0 aliphatic carbocycles. The monoisotopic (exact) mass is 372 g/mol. The van der Waals surface area contributed by atoms with Crippen LogP contribution in [0.3, 0.4) is 0 Å². The van der Waals surface area contributed by atoms with Crippen molar-refractivity contribution in [3.8, 4) is 11.3 Å². The second-order valence-electron chi connectivity index (χ2n) is 7.69. The average Bonchev–Trinajstić information content (AvgIpc) is 2.89. The van der Waals surface area contributed by atoms with Gasteiger partial charge in [-0.15, -0.1) is 0 Å². The van der Waals surface area contributed by atoms with E-state index in [1.54, 1.807) is 0 Å². The van der Waals surface area contributed by atoms with Gasteiger partial charge in [0.1, 0.15) is 11.9 Å². The van der Waals surface area contributed by atoms with Crippen LogP contribution in [0, 0.1) is 6.92 Å². The summed E-state index contributed by atoms with van der Waals surface area (Å²) in [6.07, 6.45) is 1.83. The van der Waals surface area contributed by atoms with Gasteiger partial charge in [0.25, 0.3) is 0 Å². The third-order valence-corrected chi connectivity index (χ3v) is 6.30. The minimum Gasteiger partial charge on any atom is -0.361 e. The second kappa shape index (κ2) is 7.32. The zero-order chi connectivity index (χ0) is 18.0. The molecule has 0 radical (unpaired) electrons. The zero-order valence-corrected chi connectivity index (χ0v) is 17.1. The number of nitrogens with zero attached hydrogens (tertiary/aromatic N) is 2. The number of aryl methyl sites for hydroxylation is 1. The molecular formula is C20H25ClN2OSi. The van der Waals surface area contributed by atoms with Gasteiger partial charge in [0.05, 0.1) is 11.2 Å². The van der Waals surface area contributed by atoms with Gasteiger partial charge >= 0.3 is 0 Å². The maximum Gasteiger partial charge on any atom is 0.131 e. The van der Waals surface area contributed by atoms with Crippen molar-refractivity contribution in [1.29, 1.82) is 0 Å². The molecule has 0 saturated heterocycles. The van der Waals surface area contributed by atoms with Gasteiger partial charge in [0, 0.05) is 31.8 Å². The molecule has 2 heterocycles. The SMILES string of the molecule is Cc1ccccc1-c1cc2cnc(Cl)cc2n1COCC[Si](C)(C)C. The molecule has 3 rings (SSSR count). The fourth-order valence-electron chi connectivity index (χ4n) is 2.89. The molecule has 0 amide bonds. The summed E-state index contributed by atoms with van der Waals surface area (Å²) in [6, 6.07) is 13.7. The first-order chi connectivity index (χ1) is 11.8. The summed E-state index contributed by atoms with van der Waals surface area (Å²) in [5.41, 5.74) is 4.66. The Hall–Kier alpha value is -1.62. The van der Waals surface area contributed by atoms with E-state index in [2.05, 4.69) is 66.4 Å². The Balaban J connectivity index is 1.97. The van der Waals surface area contributed by atoms with Gasteiger partial charge in [-0.05, 0) is 30.7 Å². The van der Waals surface area contributed by atoms with Gasteiger partial charge in [-0.1, -0.05) is 55.5 Å². The fourth-order valence-corrected chi connectivity index (χ4v) is 3.80. The van der Waals surface area contributed by atoms with E-state index in [-0.39, 0.29) is 0 Å². The molecule has 5 heteroatoms. The summed E-state index contributed by atoms with van der Waals surface area (Å²) >= 11 is 6.14. The first kappa shape index (κ1) is 18.2. The summed E-state index contributed by atoms with van der Waals surface area (Å²) < 4.78 is 8.24. The molecule has 0 spiro atoms. The standard InChI is InChI=1S/C20H25ClN2OSi/c1-15-7-5-6-8-17(15)19-11-16-13-22-20(21)12-18(16)23(19)14-24-9-10-25(2,3)4/h5-8,11-13H,9-10,14H2,1-4H3. The van der Waals surface area contributed by atoms with E-state index in [1.165, 1.54) is 11.1 Å². The van der Waals surface area contributed by atoms with E-state index >= 15 is 0 Å². The van der Waals surface area contributed by atoms with Gasteiger partial charge < -0.3 is 9.30 Å². The molecule has 0 unspecified atom stereocenters. The number of halogens is 1. The number of rotatable bonds is 6. The molecule has 132 valence electrons. The van der Waals surface area contributed by atoms with Crippen LogP contribution in [0.2, 0.25) is 30.8 Å². The quantitative estimate of drug-likeness (QED) is 0.302. The largest absolute Gasteiger partial charge is 0.361 e. The molecule has 3 nitrogen and oxygen atoms in total. The summed E-state index contributed by atoms with van der Waals surface area (Å²) in [5, 5.41) is 1.58. The molecular weight excluding hydrogens is 348 g/mol. The summed E-state index contributed by atoms with van der Waals surface area (Å²) in [4.78, 5) is 4.22. The number of pyridine rings is 1. The number of ether oxygens (including phenoxy) is 1. The molecule has 3 aromatic rings. The molecule has 25 heavy (non-hydrogen) atoms. The minimum atomic E-state index is -1.09. The molecule has 0 aliphatic heterocycles. The zero-order valence-electron chi connectivity index (χ0n) is 15.3. The Labute approximate surface area is 155 Å². The van der Waals surface area contributed by atoms with Crippen LogP contribution < -0.4 is 0 Å². The summed E-state index contributed by atoms with van der Waals surface area (Å²) in [7, 11) is -1.09. The van der Waals surface area contributed by atoms with Crippen molar-refractivity contribution in [1.82, 2.24) is 9.55 Å². The molecule has 0 N–H and O–H groups in total. The van der Waals surface area contributed by atoms with Crippen LogP contribution in [0.25, 0.3) is 22.2 Å². The maximum atomic E-state index is 6.14. The first-order valence-electron chi connectivity index (χ1n) is 8.64. The molecule has 0 bridgehead atoms. The normalized spacial score (nSPS) is 12.0. The van der Waals surface area contributed by atoms with Crippen molar-refractivity contribution in [2.24, 2.45) is 0 Å². The number of aromatic nitrogens is 2. The maximum absolute atomic E-state index is 6.14. The predicted octanol–water partition coefficient (Wildman–Crippen LogP) is 5.98. The van der Waals surface area contributed by atoms with Crippen molar-refractivity contribution in [3.63, 3.8) is 0 Å². The van der Waals surface area contributed by atoms with Gasteiger partial charge in [0.2, 0.25) is 0 Å². The highest BCUT2D eigenvalue weighted by atomic mass is 35.5. The number of fused-ring (bicyclic) bond motifs is 1. The van der Waals surface area contributed by atoms with Crippen LogP contribution >= 0.6 is 11.6 Å². The summed E-state index contributed by atoms with van der Waals surface area (Å²) in [6.45, 7) is 10.6. The highest BCUT2D eigenvalue weighted by molar-refractivity contribution is 6.76.